The minimum absolute atomic E-state index is 0.0152. The first-order valence-electron chi connectivity index (χ1n) is 6.04. The van der Waals surface area contributed by atoms with Gasteiger partial charge in [0.05, 0.1) is 18.5 Å². The molecule has 0 fully saturated rings. The van der Waals surface area contributed by atoms with Gasteiger partial charge in [0.15, 0.2) is 0 Å². The van der Waals surface area contributed by atoms with Crippen molar-refractivity contribution in [3.63, 3.8) is 0 Å². The van der Waals surface area contributed by atoms with Gasteiger partial charge in [0.1, 0.15) is 0 Å². The Hall–Kier alpha value is -0.910. The van der Waals surface area contributed by atoms with E-state index in [1.807, 2.05) is 45.0 Å². The third-order valence-electron chi connectivity index (χ3n) is 2.48. The molecule has 1 rings (SSSR count). The van der Waals surface area contributed by atoms with Gasteiger partial charge in [0.25, 0.3) is 0 Å². The minimum atomic E-state index is -3.29. The lowest BCUT2D eigenvalue weighted by Crippen LogP contribution is -2.29. The largest absolute Gasteiger partial charge is 0.377 e. The predicted molar refractivity (Wildman–Crippen MR) is 72.9 cm³/mol. The van der Waals surface area contributed by atoms with Gasteiger partial charge in [-0.15, -0.1) is 0 Å². The minimum Gasteiger partial charge on any atom is -0.377 e. The average molecular weight is 271 g/mol. The van der Waals surface area contributed by atoms with Crippen molar-refractivity contribution >= 4 is 10.0 Å². The summed E-state index contributed by atoms with van der Waals surface area (Å²) in [5.74, 6) is 0.0152. The molecule has 0 aromatic heterocycles. The van der Waals surface area contributed by atoms with E-state index in [9.17, 15) is 8.42 Å². The normalized spacial score (nSPS) is 12.0. The second-order valence-electron chi connectivity index (χ2n) is 4.50. The SMILES string of the molecule is Cc1ccccc1CS(=O)(=O)NCCOC(C)C. The van der Waals surface area contributed by atoms with Gasteiger partial charge in [-0.25, -0.2) is 13.1 Å². The fourth-order valence-electron chi connectivity index (χ4n) is 1.52. The quantitative estimate of drug-likeness (QED) is 0.770. The van der Waals surface area contributed by atoms with Gasteiger partial charge < -0.3 is 4.74 Å². The molecule has 0 unspecified atom stereocenters. The summed E-state index contributed by atoms with van der Waals surface area (Å²) >= 11 is 0. The van der Waals surface area contributed by atoms with Crippen LogP contribution in [0, 0.1) is 6.92 Å². The lowest BCUT2D eigenvalue weighted by atomic mass is 10.1. The van der Waals surface area contributed by atoms with Crippen molar-refractivity contribution in [2.75, 3.05) is 13.2 Å². The first-order chi connectivity index (χ1) is 8.41. The molecular weight excluding hydrogens is 250 g/mol. The zero-order valence-corrected chi connectivity index (χ0v) is 12.0. The summed E-state index contributed by atoms with van der Waals surface area (Å²) in [6, 6.07) is 7.49. The Labute approximate surface area is 109 Å². The highest BCUT2D eigenvalue weighted by molar-refractivity contribution is 7.88. The van der Waals surface area contributed by atoms with E-state index in [0.29, 0.717) is 13.2 Å². The molecule has 0 atom stereocenters. The first-order valence-corrected chi connectivity index (χ1v) is 7.69. The molecule has 102 valence electrons. The molecule has 1 aromatic carbocycles. The summed E-state index contributed by atoms with van der Waals surface area (Å²) in [5.41, 5.74) is 1.82. The number of hydrogen-bond acceptors (Lipinski definition) is 3. The van der Waals surface area contributed by atoms with Gasteiger partial charge in [-0.05, 0) is 31.9 Å². The van der Waals surface area contributed by atoms with Crippen LogP contribution in [0.1, 0.15) is 25.0 Å². The standard InChI is InChI=1S/C13H21NO3S/c1-11(2)17-9-8-14-18(15,16)10-13-7-5-4-6-12(13)3/h4-7,11,14H,8-10H2,1-3H3. The van der Waals surface area contributed by atoms with E-state index >= 15 is 0 Å². The van der Waals surface area contributed by atoms with E-state index in [1.165, 1.54) is 0 Å². The summed E-state index contributed by atoms with van der Waals surface area (Å²) in [6.07, 6.45) is 0.117. The van der Waals surface area contributed by atoms with Gasteiger partial charge in [-0.3, -0.25) is 0 Å². The summed E-state index contributed by atoms with van der Waals surface area (Å²) in [6.45, 7) is 6.45. The van der Waals surface area contributed by atoms with Crippen LogP contribution in [0.15, 0.2) is 24.3 Å². The number of nitrogens with one attached hydrogen (secondary N) is 1. The lowest BCUT2D eigenvalue weighted by Gasteiger charge is -2.10. The zero-order chi connectivity index (χ0) is 13.6. The van der Waals surface area contributed by atoms with Crippen molar-refractivity contribution in [2.45, 2.75) is 32.6 Å². The molecular formula is C13H21NO3S. The maximum atomic E-state index is 11.8. The highest BCUT2D eigenvalue weighted by atomic mass is 32.2. The maximum Gasteiger partial charge on any atom is 0.215 e. The van der Waals surface area contributed by atoms with E-state index in [1.54, 1.807) is 0 Å². The number of aryl methyl sites for hydroxylation is 1. The molecule has 0 saturated carbocycles. The van der Waals surface area contributed by atoms with Crippen LogP contribution in [0.2, 0.25) is 0 Å². The van der Waals surface area contributed by atoms with Gasteiger partial charge in [0, 0.05) is 6.54 Å². The second-order valence-corrected chi connectivity index (χ2v) is 6.31. The number of sulfonamides is 1. The molecule has 0 saturated heterocycles. The van der Waals surface area contributed by atoms with E-state index in [2.05, 4.69) is 4.72 Å². The molecule has 0 radical (unpaired) electrons. The van der Waals surface area contributed by atoms with Crippen LogP contribution >= 0.6 is 0 Å². The summed E-state index contributed by atoms with van der Waals surface area (Å²) < 4.78 is 31.5. The molecule has 1 aromatic rings. The van der Waals surface area contributed by atoms with Crippen LogP contribution in [-0.4, -0.2) is 27.7 Å². The van der Waals surface area contributed by atoms with Gasteiger partial charge in [-0.2, -0.15) is 0 Å². The van der Waals surface area contributed by atoms with Gasteiger partial charge in [-0.1, -0.05) is 24.3 Å². The van der Waals surface area contributed by atoms with Crippen molar-refractivity contribution in [2.24, 2.45) is 0 Å². The third-order valence-corrected chi connectivity index (χ3v) is 3.82. The molecule has 0 spiro atoms. The summed E-state index contributed by atoms with van der Waals surface area (Å²) in [7, 11) is -3.29. The molecule has 0 aliphatic heterocycles. The summed E-state index contributed by atoms with van der Waals surface area (Å²) in [5, 5.41) is 0. The van der Waals surface area contributed by atoms with Crippen molar-refractivity contribution in [1.29, 1.82) is 0 Å². The molecule has 0 amide bonds. The zero-order valence-electron chi connectivity index (χ0n) is 11.1. The number of benzene rings is 1. The van der Waals surface area contributed by atoms with Crippen LogP contribution in [0.25, 0.3) is 0 Å². The van der Waals surface area contributed by atoms with Crippen molar-refractivity contribution in [1.82, 2.24) is 4.72 Å². The molecule has 0 aliphatic rings. The molecule has 18 heavy (non-hydrogen) atoms. The van der Waals surface area contributed by atoms with Crippen LogP contribution in [0.4, 0.5) is 0 Å². The molecule has 1 N–H and O–H groups in total. The van der Waals surface area contributed by atoms with E-state index < -0.39 is 10.0 Å². The van der Waals surface area contributed by atoms with Crippen LogP contribution in [-0.2, 0) is 20.5 Å². The first kappa shape index (κ1) is 15.1. The Kier molecular flexibility index (Phi) is 5.78. The number of hydrogen-bond donors (Lipinski definition) is 1. The third kappa shape index (κ3) is 5.62. The fraction of sp³-hybridized carbons (Fsp3) is 0.538. The highest BCUT2D eigenvalue weighted by Gasteiger charge is 2.12. The molecule has 5 heteroatoms. The molecule has 4 nitrogen and oxygen atoms in total. The van der Waals surface area contributed by atoms with Gasteiger partial charge >= 0.3 is 0 Å². The summed E-state index contributed by atoms with van der Waals surface area (Å²) in [4.78, 5) is 0. The number of rotatable bonds is 7. The number of ether oxygens (including phenoxy) is 1. The van der Waals surface area contributed by atoms with Crippen molar-refractivity contribution in [3.05, 3.63) is 35.4 Å². The van der Waals surface area contributed by atoms with Crippen LogP contribution in [0.5, 0.6) is 0 Å². The second kappa shape index (κ2) is 6.87. The van der Waals surface area contributed by atoms with E-state index in [-0.39, 0.29) is 11.9 Å². The monoisotopic (exact) mass is 271 g/mol. The van der Waals surface area contributed by atoms with Crippen molar-refractivity contribution < 1.29 is 13.2 Å². The smallest absolute Gasteiger partial charge is 0.215 e. The van der Waals surface area contributed by atoms with Crippen LogP contribution < -0.4 is 4.72 Å². The maximum absolute atomic E-state index is 11.8. The Morgan fingerprint density at radius 2 is 1.94 bits per heavy atom. The average Bonchev–Trinajstić information content (AvgIpc) is 2.27. The Morgan fingerprint density at radius 1 is 1.28 bits per heavy atom. The predicted octanol–water partition coefficient (Wildman–Crippen LogP) is 1.84. The Morgan fingerprint density at radius 3 is 2.56 bits per heavy atom. The topological polar surface area (TPSA) is 55.4 Å². The van der Waals surface area contributed by atoms with Gasteiger partial charge in [0.2, 0.25) is 10.0 Å². The molecule has 0 aliphatic carbocycles. The Balaban J connectivity index is 2.48. The van der Waals surface area contributed by atoms with E-state index in [4.69, 9.17) is 4.74 Å². The van der Waals surface area contributed by atoms with Crippen LogP contribution in [0.3, 0.4) is 0 Å². The molecule has 0 bridgehead atoms. The fourth-order valence-corrected chi connectivity index (χ4v) is 2.75. The van der Waals surface area contributed by atoms with E-state index in [0.717, 1.165) is 11.1 Å². The lowest BCUT2D eigenvalue weighted by molar-refractivity contribution is 0.0834. The molecule has 0 heterocycles. The highest BCUT2D eigenvalue weighted by Crippen LogP contribution is 2.10. The van der Waals surface area contributed by atoms with Crippen molar-refractivity contribution in [3.8, 4) is 0 Å². The Bertz CT molecular complexity index is 469.